The second-order valence-corrected chi connectivity index (χ2v) is 24.1. The average Bonchev–Trinajstić information content (AvgIpc) is 1.60. The molecule has 0 radical (unpaired) electrons. The maximum atomic E-state index is 16.5. The highest BCUT2D eigenvalue weighted by atomic mass is 19.2. The van der Waals surface area contributed by atoms with Crippen molar-refractivity contribution in [1.82, 2.24) is 29.9 Å². The van der Waals surface area contributed by atoms with Gasteiger partial charge < -0.3 is 29.9 Å². The summed E-state index contributed by atoms with van der Waals surface area (Å²) in [5, 5.41) is -5.80. The van der Waals surface area contributed by atoms with Crippen molar-refractivity contribution in [2.24, 2.45) is 9.98 Å². The number of H-pyrrole nitrogens is 6. The van der Waals surface area contributed by atoms with Crippen molar-refractivity contribution in [2.75, 3.05) is 0 Å². The summed E-state index contributed by atoms with van der Waals surface area (Å²) in [7, 11) is 0. The van der Waals surface area contributed by atoms with E-state index in [1.165, 1.54) is 0 Å². The monoisotopic (exact) mass is 1590 g/mol. The first kappa shape index (κ1) is 74.2. The van der Waals surface area contributed by atoms with Crippen LogP contribution in [0.15, 0.2) is 118 Å². The molecule has 0 saturated heterocycles. The van der Waals surface area contributed by atoms with Crippen molar-refractivity contribution in [3.63, 3.8) is 0 Å². The largest absolute Gasteiger partial charge is 0.354 e. The van der Waals surface area contributed by atoms with Crippen LogP contribution in [-0.4, -0.2) is 41.3 Å². The summed E-state index contributed by atoms with van der Waals surface area (Å²) in [6.07, 6.45) is 2.10. The number of aromatic nitrogens is 6. The molecule has 0 amide bonds. The summed E-state index contributed by atoms with van der Waals surface area (Å²) in [6, 6.07) is 8.50. The first-order chi connectivity index (χ1) is 53.1. The minimum atomic E-state index is -2.84. The maximum Gasteiger partial charge on any atom is 0.200 e. The molecule has 0 atom stereocenters. The summed E-state index contributed by atoms with van der Waals surface area (Å²) >= 11 is 0. The van der Waals surface area contributed by atoms with E-state index >= 15 is 105 Å². The number of fused-ring (bicyclic) bond motifs is 14. The van der Waals surface area contributed by atoms with Gasteiger partial charge in [0.2, 0.25) is 34.9 Å². The summed E-state index contributed by atoms with van der Waals surface area (Å²) in [5.74, 6) is -82.1. The molecule has 568 valence electrons. The van der Waals surface area contributed by atoms with Gasteiger partial charge in [-0.2, -0.15) is 0 Å². The Morgan fingerprint density at radius 1 is 0.152 bits per heavy atom. The molecule has 0 unspecified atom stereocenters. The Bertz CT molecular complexity index is 6430. The van der Waals surface area contributed by atoms with Crippen LogP contribution in [0.1, 0.15) is 56.2 Å². The summed E-state index contributed by atoms with van der Waals surface area (Å²) in [5.41, 5.74) is -28.9. The van der Waals surface area contributed by atoms with E-state index < -0.39 is 330 Å². The number of allylic oxidation sites excluding steroid dienone is 4. The minimum Gasteiger partial charge on any atom is -0.354 e. The lowest BCUT2D eigenvalue weighted by atomic mass is 9.98. The maximum absolute atomic E-state index is 16.5. The molecule has 38 heteroatoms. The second kappa shape index (κ2) is 26.8. The number of aliphatic imine (C=N–C) groups is 2. The van der Waals surface area contributed by atoms with Crippen LogP contribution in [0.4, 0.5) is 132 Å². The first-order valence-electron chi connectivity index (χ1n) is 30.8. The normalized spacial score (nSPS) is 13.9. The molecule has 6 aromatic heterocycles. The van der Waals surface area contributed by atoms with Gasteiger partial charge >= 0.3 is 0 Å². The van der Waals surface area contributed by atoms with Crippen LogP contribution in [0.2, 0.25) is 0 Å². The number of hydrogen-bond donors (Lipinski definition) is 6. The van der Waals surface area contributed by atoms with E-state index in [0.29, 0.717) is 48.6 Å². The fourth-order valence-corrected chi connectivity index (χ4v) is 12.8. The Hall–Kier alpha value is -13.3. The Kier molecular flexibility index (Phi) is 17.7. The van der Waals surface area contributed by atoms with Gasteiger partial charge in [0.1, 0.15) is 0 Å². The second-order valence-electron chi connectivity index (χ2n) is 24.1. The molecule has 0 aliphatic carbocycles. The van der Waals surface area contributed by atoms with Gasteiger partial charge in [-0.05, 0) is 97.1 Å². The van der Waals surface area contributed by atoms with E-state index in [2.05, 4.69) is 39.9 Å². The molecule has 12 aromatic rings. The lowest BCUT2D eigenvalue weighted by Crippen LogP contribution is -2.19. The van der Waals surface area contributed by atoms with Gasteiger partial charge in [0.15, 0.2) is 140 Å². The van der Waals surface area contributed by atoms with Crippen molar-refractivity contribution in [3.05, 3.63) is 382 Å². The Balaban J connectivity index is 1.14. The van der Waals surface area contributed by atoms with Crippen molar-refractivity contribution in [3.8, 4) is 0 Å². The molecule has 8 nitrogen and oxygen atoms in total. The Morgan fingerprint density at radius 3 is 0.527 bits per heavy atom. The zero-order chi connectivity index (χ0) is 80.5. The highest BCUT2D eigenvalue weighted by Crippen LogP contribution is 2.43. The topological polar surface area (TPSA) is 119 Å². The summed E-state index contributed by atoms with van der Waals surface area (Å²) in [4.78, 5) is 22.4. The quantitative estimate of drug-likeness (QED) is 0.0540. The van der Waals surface area contributed by atoms with Crippen LogP contribution in [0.5, 0.6) is 0 Å². The van der Waals surface area contributed by atoms with E-state index in [1.54, 1.807) is 0 Å². The van der Waals surface area contributed by atoms with Crippen molar-refractivity contribution < 1.29 is 132 Å². The number of aromatic amines is 6. The molecule has 9 heterocycles. The van der Waals surface area contributed by atoms with Crippen LogP contribution in [0, 0.1) is 196 Å². The van der Waals surface area contributed by atoms with E-state index in [9.17, 15) is 26.3 Å². The number of nitrogens with zero attached hydrogens (tertiary/aromatic N) is 2. The van der Waals surface area contributed by atoms with E-state index in [-0.39, 0.29) is 0 Å². The predicted octanol–water partition coefficient (Wildman–Crippen LogP) is 16.5. The highest BCUT2D eigenvalue weighted by molar-refractivity contribution is 6.31. The number of rotatable bonds is 6. The van der Waals surface area contributed by atoms with E-state index in [1.807, 2.05) is 0 Å². The standard InChI is InChI=1S/C74H22F30N8/c75-45-39(46(76)58(88)69(99)57(45)87)33-21-5-1-17(105-21)18-2-6-22(106-18)34(40-47(77)59(89)70(100)60(90)48(40)78)26-10-14-31(110-26)38(44-55(85)67(97)74(104)68(98)56(44)86)32-16-12-28(112-32)36(42-51(81)63(93)72(102)64(94)52(42)82)24-8-4-20(108-24)19-3-7-23(107-19)35(41-49(79)61(91)71(101)62(92)50(41)80)27-11-15-30(111-27)37(29-13-9-25(33)109-29)43-53(83)65(95)73(103)66(96)54(43)84/h1-16,105-109,112H. The SMILES string of the molecule is Fc1c(F)c(F)c(C2=C3C=CC(=N3)C(c3c(F)c(F)c(F)c(F)c3F)=c3ccc([nH]3)=c3ccc([nH]3)=C(c3c(F)c(F)c(F)c(F)c3F)c3ccc([nH]3)C(c3c(F)c(F)c(F)c(F)c3F)=C3C=CC(=N3)C(c3c(F)c(F)c(F)c(F)c3F)=c3ccc([nH]3)=c3ccc([nH]3)=C(c3c(F)c(F)c(F)c(F)c3F)c3ccc2[nH]3)c(F)c1F. The van der Waals surface area contributed by atoms with Crippen LogP contribution < -0.4 is 21.4 Å². The zero-order valence-corrected chi connectivity index (χ0v) is 53.5. The Labute approximate surface area is 596 Å². The third-order valence-electron chi connectivity index (χ3n) is 17.9. The number of nitrogens with one attached hydrogen (secondary N) is 6. The molecule has 0 fully saturated rings. The fraction of sp³-hybridized carbons (Fsp3) is 0. The van der Waals surface area contributed by atoms with Gasteiger partial charge in [-0.3, -0.25) is 0 Å². The smallest absolute Gasteiger partial charge is 0.200 e. The predicted molar refractivity (Wildman–Crippen MR) is 329 cm³/mol. The molecule has 0 saturated carbocycles. The third-order valence-corrected chi connectivity index (χ3v) is 17.9. The van der Waals surface area contributed by atoms with E-state index in [4.69, 9.17) is 0 Å². The van der Waals surface area contributed by atoms with Gasteiger partial charge in [0.25, 0.3) is 0 Å². The molecule has 0 spiro atoms. The molecular formula is C74H22F30N8. The van der Waals surface area contributed by atoms with Crippen LogP contribution in [0.25, 0.3) is 33.4 Å². The molecule has 6 N–H and O–H groups in total. The summed E-state index contributed by atoms with van der Waals surface area (Å²) < 4.78 is 473. The van der Waals surface area contributed by atoms with Gasteiger partial charge in [-0.15, -0.1) is 0 Å². The van der Waals surface area contributed by atoms with Crippen LogP contribution in [-0.2, 0) is 0 Å². The van der Waals surface area contributed by atoms with Gasteiger partial charge in [-0.1, -0.05) is 0 Å². The first-order valence-corrected chi connectivity index (χ1v) is 30.8. The van der Waals surface area contributed by atoms with Crippen LogP contribution in [0.3, 0.4) is 0 Å². The summed E-state index contributed by atoms with van der Waals surface area (Å²) in [6.45, 7) is 0. The fourth-order valence-electron chi connectivity index (χ4n) is 12.8. The van der Waals surface area contributed by atoms with Crippen molar-refractivity contribution in [2.45, 2.75) is 0 Å². The third kappa shape index (κ3) is 11.1. The molecule has 16 bridgehead atoms. The van der Waals surface area contributed by atoms with Crippen molar-refractivity contribution in [1.29, 1.82) is 0 Å². The number of halogens is 30. The molecule has 3 aliphatic heterocycles. The zero-order valence-electron chi connectivity index (χ0n) is 53.5. The van der Waals surface area contributed by atoms with Crippen molar-refractivity contribution >= 4 is 44.9 Å². The van der Waals surface area contributed by atoms with Crippen LogP contribution >= 0.6 is 0 Å². The molecule has 112 heavy (non-hydrogen) atoms. The highest BCUT2D eigenvalue weighted by Gasteiger charge is 2.39. The number of benzene rings is 6. The lowest BCUT2D eigenvalue weighted by Gasteiger charge is -2.14. The van der Waals surface area contributed by atoms with Gasteiger partial charge in [0.05, 0.1) is 77.6 Å². The Morgan fingerprint density at radius 2 is 0.312 bits per heavy atom. The number of hydrogen-bond acceptors (Lipinski definition) is 2. The average molecular weight is 1590 g/mol. The molecule has 6 aromatic carbocycles. The molecule has 3 aliphatic rings. The van der Waals surface area contributed by atoms with Gasteiger partial charge in [0, 0.05) is 77.6 Å². The lowest BCUT2D eigenvalue weighted by molar-refractivity contribution is 0.376. The van der Waals surface area contributed by atoms with Gasteiger partial charge in [-0.25, -0.2) is 142 Å². The molecular weight excluding hydrogens is 1570 g/mol. The molecule has 15 rings (SSSR count). The van der Waals surface area contributed by atoms with E-state index in [0.717, 1.165) is 48.5 Å². The minimum absolute atomic E-state index is 0.516.